The Balaban J connectivity index is 1.56. The van der Waals surface area contributed by atoms with E-state index >= 15 is 0 Å². The molecular weight excluding hydrogens is 354 g/mol. The van der Waals surface area contributed by atoms with Crippen LogP contribution >= 0.6 is 0 Å². The monoisotopic (exact) mass is 379 g/mol. The molecule has 28 heavy (non-hydrogen) atoms. The third-order valence-corrected chi connectivity index (χ3v) is 4.87. The van der Waals surface area contributed by atoms with Crippen LogP contribution in [0.3, 0.4) is 0 Å². The van der Waals surface area contributed by atoms with Crippen molar-refractivity contribution in [2.75, 3.05) is 18.6 Å². The molecule has 0 aliphatic carbocycles. The SMILES string of the molecule is COc1ccc(N2C[C@H](C(=O)N/N=C\c3ccc(C(C)C)cc3)CC2=O)cc1. The first-order chi connectivity index (χ1) is 13.5. The lowest BCUT2D eigenvalue weighted by atomic mass is 10.0. The number of hydrogen-bond acceptors (Lipinski definition) is 4. The summed E-state index contributed by atoms with van der Waals surface area (Å²) in [4.78, 5) is 26.3. The van der Waals surface area contributed by atoms with Gasteiger partial charge in [-0.25, -0.2) is 5.43 Å². The highest BCUT2D eigenvalue weighted by atomic mass is 16.5. The highest BCUT2D eigenvalue weighted by Crippen LogP contribution is 2.26. The van der Waals surface area contributed by atoms with E-state index in [1.807, 2.05) is 24.3 Å². The molecule has 0 saturated carbocycles. The van der Waals surface area contributed by atoms with Gasteiger partial charge < -0.3 is 9.64 Å². The molecule has 2 aromatic carbocycles. The van der Waals surface area contributed by atoms with E-state index in [4.69, 9.17) is 4.74 Å². The molecule has 3 rings (SSSR count). The second-order valence-electron chi connectivity index (χ2n) is 7.16. The van der Waals surface area contributed by atoms with Crippen LogP contribution in [0.1, 0.15) is 37.3 Å². The van der Waals surface area contributed by atoms with E-state index in [1.54, 1.807) is 30.4 Å². The van der Waals surface area contributed by atoms with Gasteiger partial charge in [0.2, 0.25) is 11.8 Å². The van der Waals surface area contributed by atoms with Crippen molar-refractivity contribution in [2.24, 2.45) is 11.0 Å². The van der Waals surface area contributed by atoms with Gasteiger partial charge in [0, 0.05) is 18.7 Å². The van der Waals surface area contributed by atoms with Crippen LogP contribution in [0, 0.1) is 5.92 Å². The van der Waals surface area contributed by atoms with Crippen molar-refractivity contribution < 1.29 is 14.3 Å². The Bertz CT molecular complexity index is 858. The van der Waals surface area contributed by atoms with Crippen LogP contribution in [0.25, 0.3) is 0 Å². The highest BCUT2D eigenvalue weighted by Gasteiger charge is 2.35. The van der Waals surface area contributed by atoms with Crippen LogP contribution in [-0.2, 0) is 9.59 Å². The second-order valence-corrected chi connectivity index (χ2v) is 7.16. The first kappa shape index (κ1) is 19.6. The van der Waals surface area contributed by atoms with E-state index in [1.165, 1.54) is 5.56 Å². The smallest absolute Gasteiger partial charge is 0.245 e. The third kappa shape index (κ3) is 4.57. The van der Waals surface area contributed by atoms with E-state index in [0.717, 1.165) is 17.0 Å². The zero-order valence-corrected chi connectivity index (χ0v) is 16.4. The van der Waals surface area contributed by atoms with Gasteiger partial charge >= 0.3 is 0 Å². The molecule has 1 aliphatic rings. The van der Waals surface area contributed by atoms with Gasteiger partial charge in [0.05, 0.1) is 19.2 Å². The van der Waals surface area contributed by atoms with Gasteiger partial charge in [-0.3, -0.25) is 9.59 Å². The zero-order chi connectivity index (χ0) is 20.1. The standard InChI is InChI=1S/C22H25N3O3/c1-15(2)17-6-4-16(5-7-17)13-23-24-22(27)18-12-21(26)25(14-18)19-8-10-20(28-3)11-9-19/h4-11,13,15,18H,12,14H2,1-3H3,(H,24,27)/b23-13-/t18-/m1/s1. The number of methoxy groups -OCH3 is 1. The number of ether oxygens (including phenoxy) is 1. The number of hydrazone groups is 1. The van der Waals surface area contributed by atoms with E-state index < -0.39 is 5.92 Å². The Morgan fingerprint density at radius 2 is 1.86 bits per heavy atom. The molecule has 0 unspecified atom stereocenters. The molecule has 0 radical (unpaired) electrons. The number of carbonyl (C=O) groups excluding carboxylic acids is 2. The summed E-state index contributed by atoms with van der Waals surface area (Å²) < 4.78 is 5.13. The summed E-state index contributed by atoms with van der Waals surface area (Å²) in [5.41, 5.74) is 5.48. The van der Waals surface area contributed by atoms with Gasteiger partial charge in [-0.15, -0.1) is 0 Å². The Kier molecular flexibility index (Phi) is 6.09. The second kappa shape index (κ2) is 8.69. The van der Waals surface area contributed by atoms with Gasteiger partial charge in [-0.05, 0) is 41.3 Å². The summed E-state index contributed by atoms with van der Waals surface area (Å²) in [6, 6.07) is 15.3. The Hall–Kier alpha value is -3.15. The van der Waals surface area contributed by atoms with Gasteiger partial charge in [0.1, 0.15) is 5.75 Å². The topological polar surface area (TPSA) is 71.0 Å². The molecule has 6 nitrogen and oxygen atoms in total. The van der Waals surface area contributed by atoms with Crippen LogP contribution in [0.5, 0.6) is 5.75 Å². The van der Waals surface area contributed by atoms with E-state index in [0.29, 0.717) is 12.5 Å². The van der Waals surface area contributed by atoms with Crippen molar-refractivity contribution in [2.45, 2.75) is 26.2 Å². The fourth-order valence-corrected chi connectivity index (χ4v) is 3.12. The lowest BCUT2D eigenvalue weighted by Gasteiger charge is -2.16. The number of hydrogen-bond donors (Lipinski definition) is 1. The molecule has 2 aromatic rings. The van der Waals surface area contributed by atoms with E-state index in [2.05, 4.69) is 36.5 Å². The maximum atomic E-state index is 12.4. The molecule has 1 atom stereocenters. The summed E-state index contributed by atoms with van der Waals surface area (Å²) in [6.07, 6.45) is 1.79. The Morgan fingerprint density at radius 1 is 1.18 bits per heavy atom. The Morgan fingerprint density at radius 3 is 2.46 bits per heavy atom. The number of rotatable bonds is 6. The molecule has 1 aliphatic heterocycles. The van der Waals surface area contributed by atoms with Crippen molar-refractivity contribution in [3.8, 4) is 5.75 Å². The van der Waals surface area contributed by atoms with Crippen LogP contribution in [-0.4, -0.2) is 31.7 Å². The number of anilines is 1. The molecular formula is C22H25N3O3. The molecule has 2 amide bonds. The summed E-state index contributed by atoms with van der Waals surface area (Å²) >= 11 is 0. The molecule has 0 bridgehead atoms. The third-order valence-electron chi connectivity index (χ3n) is 4.87. The molecule has 0 aromatic heterocycles. The van der Waals surface area contributed by atoms with Crippen LogP contribution < -0.4 is 15.1 Å². The molecule has 1 N–H and O–H groups in total. The van der Waals surface area contributed by atoms with E-state index in [9.17, 15) is 9.59 Å². The highest BCUT2D eigenvalue weighted by molar-refractivity contribution is 6.00. The average Bonchev–Trinajstić information content (AvgIpc) is 3.10. The Labute approximate surface area is 165 Å². The van der Waals surface area contributed by atoms with Crippen molar-refractivity contribution in [1.82, 2.24) is 5.43 Å². The van der Waals surface area contributed by atoms with Gasteiger partial charge in [0.15, 0.2) is 0 Å². The normalized spacial score (nSPS) is 16.8. The van der Waals surface area contributed by atoms with Crippen LogP contribution in [0.4, 0.5) is 5.69 Å². The van der Waals surface area contributed by atoms with E-state index in [-0.39, 0.29) is 18.2 Å². The maximum absolute atomic E-state index is 12.4. The molecule has 6 heteroatoms. The largest absolute Gasteiger partial charge is 0.497 e. The first-order valence-electron chi connectivity index (χ1n) is 9.35. The molecule has 146 valence electrons. The van der Waals surface area contributed by atoms with Crippen LogP contribution in [0.15, 0.2) is 53.6 Å². The van der Waals surface area contributed by atoms with Gasteiger partial charge in [-0.1, -0.05) is 38.1 Å². The van der Waals surface area contributed by atoms with Crippen molar-refractivity contribution in [1.29, 1.82) is 0 Å². The molecule has 1 heterocycles. The number of nitrogens with one attached hydrogen (secondary N) is 1. The number of nitrogens with zero attached hydrogens (tertiary/aromatic N) is 2. The maximum Gasteiger partial charge on any atom is 0.245 e. The predicted molar refractivity (Wildman–Crippen MR) is 110 cm³/mol. The lowest BCUT2D eigenvalue weighted by Crippen LogP contribution is -2.30. The lowest BCUT2D eigenvalue weighted by molar-refractivity contribution is -0.126. The van der Waals surface area contributed by atoms with Crippen molar-refractivity contribution >= 4 is 23.7 Å². The number of benzene rings is 2. The molecule has 1 saturated heterocycles. The summed E-state index contributed by atoms with van der Waals surface area (Å²) in [5, 5.41) is 4.04. The summed E-state index contributed by atoms with van der Waals surface area (Å²) in [7, 11) is 1.59. The predicted octanol–water partition coefficient (Wildman–Crippen LogP) is 3.32. The van der Waals surface area contributed by atoms with Crippen molar-refractivity contribution in [3.63, 3.8) is 0 Å². The fraction of sp³-hybridized carbons (Fsp3) is 0.318. The molecule has 1 fully saturated rings. The number of amides is 2. The zero-order valence-electron chi connectivity index (χ0n) is 16.4. The van der Waals surface area contributed by atoms with Gasteiger partial charge in [-0.2, -0.15) is 5.10 Å². The minimum atomic E-state index is -0.421. The van der Waals surface area contributed by atoms with Crippen LogP contribution in [0.2, 0.25) is 0 Å². The van der Waals surface area contributed by atoms with Crippen molar-refractivity contribution in [3.05, 3.63) is 59.7 Å². The molecule has 0 spiro atoms. The average molecular weight is 379 g/mol. The fourth-order valence-electron chi connectivity index (χ4n) is 3.12. The van der Waals surface area contributed by atoms with Gasteiger partial charge in [0.25, 0.3) is 0 Å². The minimum absolute atomic E-state index is 0.0708. The summed E-state index contributed by atoms with van der Waals surface area (Å²) in [5.74, 6) is 0.452. The minimum Gasteiger partial charge on any atom is -0.497 e. The first-order valence-corrected chi connectivity index (χ1v) is 9.35. The summed E-state index contributed by atoms with van der Waals surface area (Å²) in [6.45, 7) is 4.62. The quantitative estimate of drug-likeness (QED) is 0.618. The number of carbonyl (C=O) groups is 2.